The molecule has 1 aromatic rings. The fraction of sp³-hybridized carbons (Fsp3) is 0.692. The zero-order chi connectivity index (χ0) is 14.7. The van der Waals surface area contributed by atoms with E-state index in [0.717, 1.165) is 4.88 Å². The molecular formula is C13H20N2O4S2. The van der Waals surface area contributed by atoms with E-state index >= 15 is 0 Å². The molecule has 3 rings (SSSR count). The average molecular weight is 332 g/mol. The van der Waals surface area contributed by atoms with Crippen molar-refractivity contribution < 1.29 is 17.9 Å². The first-order valence-corrected chi connectivity index (χ1v) is 9.50. The lowest BCUT2D eigenvalue weighted by molar-refractivity contribution is -0.0846. The predicted octanol–water partition coefficient (Wildman–Crippen LogP) is 0.694. The molecule has 2 aliphatic rings. The minimum atomic E-state index is -3.49. The molecule has 118 valence electrons. The van der Waals surface area contributed by atoms with Crippen LogP contribution in [0.3, 0.4) is 0 Å². The van der Waals surface area contributed by atoms with Crippen molar-refractivity contribution in [3.63, 3.8) is 0 Å². The van der Waals surface area contributed by atoms with Gasteiger partial charge >= 0.3 is 0 Å². The van der Waals surface area contributed by atoms with Gasteiger partial charge in [0.15, 0.2) is 0 Å². The van der Waals surface area contributed by atoms with Gasteiger partial charge in [-0.1, -0.05) is 0 Å². The number of nitrogens with one attached hydrogen (secondary N) is 2. The second-order valence-electron chi connectivity index (χ2n) is 5.28. The van der Waals surface area contributed by atoms with Gasteiger partial charge in [-0.2, -0.15) is 0 Å². The lowest BCUT2D eigenvalue weighted by atomic mass is 10.3. The van der Waals surface area contributed by atoms with Gasteiger partial charge in [-0.3, -0.25) is 0 Å². The van der Waals surface area contributed by atoms with E-state index in [0.29, 0.717) is 37.3 Å². The first-order chi connectivity index (χ1) is 10.1. The minimum absolute atomic E-state index is 0.208. The van der Waals surface area contributed by atoms with Gasteiger partial charge in [-0.05, 0) is 24.3 Å². The molecule has 1 unspecified atom stereocenters. The number of sulfonamides is 1. The molecule has 21 heavy (non-hydrogen) atoms. The molecule has 0 spiro atoms. The Bertz CT molecular complexity index is 562. The molecule has 1 saturated carbocycles. The van der Waals surface area contributed by atoms with Gasteiger partial charge in [-0.15, -0.1) is 11.3 Å². The SMILES string of the molecule is O=S(=O)(NCC1COCCO1)c1ccsc1CNC1CC1. The maximum atomic E-state index is 12.4. The van der Waals surface area contributed by atoms with Crippen LogP contribution in [-0.2, 0) is 26.0 Å². The van der Waals surface area contributed by atoms with Gasteiger partial charge in [0, 0.05) is 24.0 Å². The third kappa shape index (κ3) is 4.24. The highest BCUT2D eigenvalue weighted by atomic mass is 32.2. The number of ether oxygens (including phenoxy) is 2. The zero-order valence-corrected chi connectivity index (χ0v) is 13.3. The van der Waals surface area contributed by atoms with Crippen molar-refractivity contribution in [3.05, 3.63) is 16.3 Å². The number of hydrogen-bond acceptors (Lipinski definition) is 6. The largest absolute Gasteiger partial charge is 0.376 e. The lowest BCUT2D eigenvalue weighted by Gasteiger charge is -2.23. The Kier molecular flexibility index (Phi) is 4.92. The van der Waals surface area contributed by atoms with Crippen molar-refractivity contribution in [1.82, 2.24) is 10.0 Å². The first-order valence-electron chi connectivity index (χ1n) is 7.14. The Morgan fingerprint density at radius 2 is 2.19 bits per heavy atom. The maximum Gasteiger partial charge on any atom is 0.241 e. The van der Waals surface area contributed by atoms with E-state index in [1.54, 1.807) is 6.07 Å². The van der Waals surface area contributed by atoms with E-state index in [9.17, 15) is 8.42 Å². The molecule has 0 amide bonds. The Morgan fingerprint density at radius 1 is 1.33 bits per heavy atom. The lowest BCUT2D eigenvalue weighted by Crippen LogP contribution is -2.39. The quantitative estimate of drug-likeness (QED) is 0.768. The Hall–Kier alpha value is -0.510. The molecule has 0 aromatic carbocycles. The molecule has 6 nitrogen and oxygen atoms in total. The zero-order valence-electron chi connectivity index (χ0n) is 11.7. The van der Waals surface area contributed by atoms with Crippen LogP contribution in [0.15, 0.2) is 16.3 Å². The second-order valence-corrected chi connectivity index (χ2v) is 8.02. The van der Waals surface area contributed by atoms with Crippen LogP contribution in [-0.4, -0.2) is 46.9 Å². The standard InChI is InChI=1S/C13H20N2O4S2/c16-21(17,15-7-11-9-18-4-5-19-11)13-3-6-20-12(13)8-14-10-1-2-10/h3,6,10-11,14-15H,1-2,4-5,7-9H2. The number of hydrogen-bond donors (Lipinski definition) is 2. The highest BCUT2D eigenvalue weighted by Crippen LogP contribution is 2.24. The normalized spacial score (nSPS) is 23.3. The topological polar surface area (TPSA) is 76.7 Å². The van der Waals surface area contributed by atoms with E-state index in [-0.39, 0.29) is 12.6 Å². The molecule has 2 heterocycles. The van der Waals surface area contributed by atoms with Crippen LogP contribution in [0.25, 0.3) is 0 Å². The molecular weight excluding hydrogens is 312 g/mol. The van der Waals surface area contributed by atoms with Crippen LogP contribution in [0, 0.1) is 0 Å². The summed E-state index contributed by atoms with van der Waals surface area (Å²) in [5, 5.41) is 5.17. The van der Waals surface area contributed by atoms with E-state index in [4.69, 9.17) is 9.47 Å². The summed E-state index contributed by atoms with van der Waals surface area (Å²) in [5.41, 5.74) is 0. The van der Waals surface area contributed by atoms with Crippen LogP contribution in [0.5, 0.6) is 0 Å². The van der Waals surface area contributed by atoms with E-state index < -0.39 is 10.0 Å². The summed E-state index contributed by atoms with van der Waals surface area (Å²) in [7, 11) is -3.49. The van der Waals surface area contributed by atoms with Gasteiger partial charge in [0.1, 0.15) is 0 Å². The molecule has 1 aliphatic carbocycles. The van der Waals surface area contributed by atoms with Crippen molar-refractivity contribution in [2.24, 2.45) is 0 Å². The third-order valence-corrected chi connectivity index (χ3v) is 6.07. The van der Waals surface area contributed by atoms with Crippen LogP contribution < -0.4 is 10.0 Å². The van der Waals surface area contributed by atoms with E-state index in [1.165, 1.54) is 24.2 Å². The van der Waals surface area contributed by atoms with Crippen LogP contribution in [0.2, 0.25) is 0 Å². The predicted molar refractivity (Wildman–Crippen MR) is 79.9 cm³/mol. The van der Waals surface area contributed by atoms with Gasteiger partial charge in [0.05, 0.1) is 30.8 Å². The molecule has 2 N–H and O–H groups in total. The highest BCUT2D eigenvalue weighted by Gasteiger charge is 2.25. The van der Waals surface area contributed by atoms with Crippen molar-refractivity contribution in [2.75, 3.05) is 26.4 Å². The second kappa shape index (κ2) is 6.72. The van der Waals surface area contributed by atoms with Crippen molar-refractivity contribution in [2.45, 2.75) is 36.4 Å². The summed E-state index contributed by atoms with van der Waals surface area (Å²) >= 11 is 1.47. The average Bonchev–Trinajstić information content (AvgIpc) is 3.20. The molecule has 0 radical (unpaired) electrons. The monoisotopic (exact) mass is 332 g/mol. The molecule has 1 aliphatic heterocycles. The summed E-state index contributed by atoms with van der Waals surface area (Å²) in [4.78, 5) is 1.23. The van der Waals surface area contributed by atoms with Gasteiger partial charge in [0.2, 0.25) is 10.0 Å². The summed E-state index contributed by atoms with van der Waals surface area (Å²) < 4.78 is 38.1. The minimum Gasteiger partial charge on any atom is -0.376 e. The van der Waals surface area contributed by atoms with E-state index in [1.807, 2.05) is 5.38 Å². The van der Waals surface area contributed by atoms with Crippen LogP contribution in [0.4, 0.5) is 0 Å². The molecule has 8 heteroatoms. The molecule has 1 saturated heterocycles. The van der Waals surface area contributed by atoms with Crippen molar-refractivity contribution in [3.8, 4) is 0 Å². The summed E-state index contributed by atoms with van der Waals surface area (Å²) in [6.45, 7) is 2.38. The number of rotatable bonds is 7. The summed E-state index contributed by atoms with van der Waals surface area (Å²) in [6, 6.07) is 2.22. The molecule has 1 atom stereocenters. The Balaban J connectivity index is 1.59. The summed E-state index contributed by atoms with van der Waals surface area (Å²) in [6.07, 6.45) is 2.16. The highest BCUT2D eigenvalue weighted by molar-refractivity contribution is 7.89. The van der Waals surface area contributed by atoms with Gasteiger partial charge in [-0.25, -0.2) is 13.1 Å². The molecule has 2 fully saturated rings. The Morgan fingerprint density at radius 3 is 2.90 bits per heavy atom. The van der Waals surface area contributed by atoms with Crippen molar-refractivity contribution >= 4 is 21.4 Å². The van der Waals surface area contributed by atoms with Crippen molar-refractivity contribution in [1.29, 1.82) is 0 Å². The van der Waals surface area contributed by atoms with Gasteiger partial charge in [0.25, 0.3) is 0 Å². The van der Waals surface area contributed by atoms with E-state index in [2.05, 4.69) is 10.0 Å². The fourth-order valence-corrected chi connectivity index (χ4v) is 4.62. The Labute approximate surface area is 128 Å². The van der Waals surface area contributed by atoms with Crippen LogP contribution in [0.1, 0.15) is 17.7 Å². The smallest absolute Gasteiger partial charge is 0.241 e. The third-order valence-electron chi connectivity index (χ3n) is 3.51. The fourth-order valence-electron chi connectivity index (χ4n) is 2.16. The number of thiophene rings is 1. The molecule has 0 bridgehead atoms. The first kappa shape index (κ1) is 15.4. The van der Waals surface area contributed by atoms with Gasteiger partial charge < -0.3 is 14.8 Å². The van der Waals surface area contributed by atoms with Crippen LogP contribution >= 0.6 is 11.3 Å². The summed E-state index contributed by atoms with van der Waals surface area (Å²) in [5.74, 6) is 0. The molecule has 1 aromatic heterocycles. The maximum absolute atomic E-state index is 12.4.